The molecular weight excluding hydrogens is 360 g/mol. The Morgan fingerprint density at radius 3 is 2.92 bits per heavy atom. The average Bonchev–Trinajstić information content (AvgIpc) is 2.94. The molecule has 2 heterocycles. The molecule has 1 aliphatic carbocycles. The Hall–Kier alpha value is -1.92. The minimum atomic E-state index is -0.551. The zero-order valence-corrected chi connectivity index (χ0v) is 15.6. The average molecular weight is 379 g/mol. The summed E-state index contributed by atoms with van der Waals surface area (Å²) < 4.78 is 5.16. The number of phenols is 1. The number of thiophene rings is 1. The van der Waals surface area contributed by atoms with E-state index in [1.807, 2.05) is 0 Å². The fraction of sp³-hybridized carbons (Fsp3) is 0.389. The van der Waals surface area contributed by atoms with E-state index in [4.69, 9.17) is 16.3 Å². The molecule has 0 saturated carbocycles. The summed E-state index contributed by atoms with van der Waals surface area (Å²) in [7, 11) is 1.47. The maximum Gasteiger partial charge on any atom is 0.256 e. The van der Waals surface area contributed by atoms with Gasteiger partial charge in [-0.3, -0.25) is 4.79 Å². The smallest absolute Gasteiger partial charge is 0.256 e. The van der Waals surface area contributed by atoms with Gasteiger partial charge in [-0.15, -0.1) is 11.3 Å². The lowest BCUT2D eigenvalue weighted by molar-refractivity contribution is 0.0934. The predicted octanol–water partition coefficient (Wildman–Crippen LogP) is 4.09. The topological polar surface area (TPSA) is 70.6 Å². The molecule has 2 aromatic rings. The van der Waals surface area contributed by atoms with Gasteiger partial charge >= 0.3 is 0 Å². The van der Waals surface area contributed by atoms with Gasteiger partial charge in [0.2, 0.25) is 0 Å². The molecule has 2 atom stereocenters. The molecule has 0 unspecified atom stereocenters. The molecule has 7 heteroatoms. The number of phenolic OH excluding ortho intramolecular Hbond substituents is 1. The van der Waals surface area contributed by atoms with Crippen LogP contribution >= 0.6 is 22.9 Å². The second kappa shape index (κ2) is 6.11. The summed E-state index contributed by atoms with van der Waals surface area (Å²) in [6.45, 7) is 2.24. The first-order chi connectivity index (χ1) is 12.0. The lowest BCUT2D eigenvalue weighted by atomic mass is 9.88. The van der Waals surface area contributed by atoms with Crippen molar-refractivity contribution in [2.24, 2.45) is 5.92 Å². The maximum absolute atomic E-state index is 12.7. The van der Waals surface area contributed by atoms with Gasteiger partial charge in [-0.1, -0.05) is 18.5 Å². The van der Waals surface area contributed by atoms with Gasteiger partial charge in [0.05, 0.1) is 12.7 Å². The van der Waals surface area contributed by atoms with Crippen molar-refractivity contribution in [1.29, 1.82) is 0 Å². The third-order valence-corrected chi connectivity index (χ3v) is 6.29. The molecule has 132 valence electrons. The molecule has 0 bridgehead atoms. The number of fused-ring (bicyclic) bond motifs is 3. The third kappa shape index (κ3) is 2.73. The number of benzene rings is 1. The van der Waals surface area contributed by atoms with Crippen LogP contribution in [0.1, 0.15) is 45.9 Å². The monoisotopic (exact) mass is 378 g/mol. The molecular formula is C18H19ClN2O3S. The van der Waals surface area contributed by atoms with E-state index < -0.39 is 6.17 Å². The number of hydrogen-bond donors (Lipinski definition) is 3. The van der Waals surface area contributed by atoms with Crippen LogP contribution in [0, 0.1) is 5.92 Å². The summed E-state index contributed by atoms with van der Waals surface area (Å²) in [5.41, 5.74) is 2.43. The van der Waals surface area contributed by atoms with E-state index in [2.05, 4.69) is 17.6 Å². The fourth-order valence-electron chi connectivity index (χ4n) is 3.59. The molecule has 4 rings (SSSR count). The molecule has 0 radical (unpaired) electrons. The number of hydrogen-bond acceptors (Lipinski definition) is 5. The van der Waals surface area contributed by atoms with Crippen LogP contribution in [0.15, 0.2) is 12.1 Å². The van der Waals surface area contributed by atoms with Crippen LogP contribution in [0.25, 0.3) is 0 Å². The van der Waals surface area contributed by atoms with E-state index in [1.165, 1.54) is 17.6 Å². The summed E-state index contributed by atoms with van der Waals surface area (Å²) >= 11 is 7.77. The predicted molar refractivity (Wildman–Crippen MR) is 99.0 cm³/mol. The van der Waals surface area contributed by atoms with Crippen LogP contribution in [-0.2, 0) is 12.8 Å². The highest BCUT2D eigenvalue weighted by atomic mass is 35.5. The summed E-state index contributed by atoms with van der Waals surface area (Å²) in [5.74, 6) is 0.795. The molecule has 0 saturated heterocycles. The van der Waals surface area contributed by atoms with Crippen molar-refractivity contribution in [3.05, 3.63) is 38.7 Å². The first-order valence-corrected chi connectivity index (χ1v) is 9.45. The molecule has 5 nitrogen and oxygen atoms in total. The van der Waals surface area contributed by atoms with Gasteiger partial charge in [0.25, 0.3) is 5.91 Å². The first-order valence-electron chi connectivity index (χ1n) is 8.26. The molecule has 1 amide bonds. The Bertz CT molecular complexity index is 864. The van der Waals surface area contributed by atoms with E-state index in [0.717, 1.165) is 29.8 Å². The van der Waals surface area contributed by atoms with Gasteiger partial charge in [-0.25, -0.2) is 0 Å². The number of nitrogens with one attached hydrogen (secondary N) is 2. The van der Waals surface area contributed by atoms with Crippen molar-refractivity contribution in [3.8, 4) is 11.5 Å². The molecule has 1 aromatic carbocycles. The number of amides is 1. The number of anilines is 1. The van der Waals surface area contributed by atoms with Crippen molar-refractivity contribution in [3.63, 3.8) is 0 Å². The van der Waals surface area contributed by atoms with Crippen LogP contribution in [-0.4, -0.2) is 18.1 Å². The Morgan fingerprint density at radius 2 is 2.16 bits per heavy atom. The van der Waals surface area contributed by atoms with E-state index >= 15 is 0 Å². The largest absolute Gasteiger partial charge is 0.504 e. The SMILES string of the molecule is COc1cc(Cl)cc([C@@H]2NC(=O)c3c(sc4c3CC[C@@H](C)C4)N2)c1O. The second-order valence-electron chi connectivity index (χ2n) is 6.65. The standard InChI is InChI=1S/C18H19ClN2O3S/c1-8-3-4-10-13(5-8)25-18-14(10)17(23)20-16(21-18)11-6-9(19)7-12(24-2)15(11)22/h6-8,16,21-22H,3-5H2,1-2H3,(H,20,23)/t8-,16-/m1/s1. The van der Waals surface area contributed by atoms with Crippen LogP contribution < -0.4 is 15.4 Å². The van der Waals surface area contributed by atoms with Gasteiger partial charge in [0, 0.05) is 21.5 Å². The number of halogens is 1. The highest BCUT2D eigenvalue weighted by molar-refractivity contribution is 7.16. The zero-order chi connectivity index (χ0) is 17.7. The van der Waals surface area contributed by atoms with Crippen LogP contribution in [0.4, 0.5) is 5.00 Å². The van der Waals surface area contributed by atoms with Crippen molar-refractivity contribution < 1.29 is 14.6 Å². The summed E-state index contributed by atoms with van der Waals surface area (Å²) in [4.78, 5) is 14.0. The van der Waals surface area contributed by atoms with Crippen molar-refractivity contribution >= 4 is 33.8 Å². The van der Waals surface area contributed by atoms with Crippen molar-refractivity contribution in [2.75, 3.05) is 12.4 Å². The Morgan fingerprint density at radius 1 is 1.36 bits per heavy atom. The summed E-state index contributed by atoms with van der Waals surface area (Å²) in [5, 5.41) is 18.0. The molecule has 25 heavy (non-hydrogen) atoms. The molecule has 1 aliphatic heterocycles. The molecule has 3 N–H and O–H groups in total. The first kappa shape index (κ1) is 16.5. The van der Waals surface area contributed by atoms with Gasteiger partial charge in [0.1, 0.15) is 11.2 Å². The third-order valence-electron chi connectivity index (χ3n) is 4.89. The summed E-state index contributed by atoms with van der Waals surface area (Å²) in [6.07, 6.45) is 2.52. The normalized spacial score (nSPS) is 21.8. The van der Waals surface area contributed by atoms with Gasteiger partial charge in [-0.05, 0) is 36.8 Å². The number of ether oxygens (including phenoxy) is 1. The van der Waals surface area contributed by atoms with Crippen LogP contribution in [0.2, 0.25) is 5.02 Å². The Balaban J connectivity index is 1.73. The highest BCUT2D eigenvalue weighted by Crippen LogP contribution is 2.44. The van der Waals surface area contributed by atoms with Crippen LogP contribution in [0.5, 0.6) is 11.5 Å². The van der Waals surface area contributed by atoms with Gasteiger partial charge < -0.3 is 20.5 Å². The highest BCUT2D eigenvalue weighted by Gasteiger charge is 2.34. The lowest BCUT2D eigenvalue weighted by Gasteiger charge is -2.28. The molecule has 1 aromatic heterocycles. The number of aromatic hydroxyl groups is 1. The van der Waals surface area contributed by atoms with E-state index in [9.17, 15) is 9.90 Å². The van der Waals surface area contributed by atoms with Gasteiger partial charge in [-0.2, -0.15) is 0 Å². The lowest BCUT2D eigenvalue weighted by Crippen LogP contribution is -2.38. The molecule has 0 spiro atoms. The summed E-state index contributed by atoms with van der Waals surface area (Å²) in [6, 6.07) is 3.18. The zero-order valence-electron chi connectivity index (χ0n) is 14.0. The van der Waals surface area contributed by atoms with Crippen LogP contribution in [0.3, 0.4) is 0 Å². The van der Waals surface area contributed by atoms with Crippen molar-refractivity contribution in [2.45, 2.75) is 32.4 Å². The number of carbonyl (C=O) groups excluding carboxylic acids is 1. The number of methoxy groups -OCH3 is 1. The van der Waals surface area contributed by atoms with Crippen molar-refractivity contribution in [1.82, 2.24) is 5.32 Å². The minimum absolute atomic E-state index is 0.0249. The second-order valence-corrected chi connectivity index (χ2v) is 8.19. The van der Waals surface area contributed by atoms with E-state index in [-0.39, 0.29) is 17.4 Å². The van der Waals surface area contributed by atoms with Gasteiger partial charge in [0.15, 0.2) is 11.5 Å². The molecule has 0 fully saturated rings. The number of carbonyl (C=O) groups is 1. The Kier molecular flexibility index (Phi) is 4.04. The quantitative estimate of drug-likeness (QED) is 0.736. The van der Waals surface area contributed by atoms with E-state index in [1.54, 1.807) is 23.5 Å². The Labute approximate surface area is 155 Å². The maximum atomic E-state index is 12.7. The molecule has 2 aliphatic rings. The fourth-order valence-corrected chi connectivity index (χ4v) is 5.24. The minimum Gasteiger partial charge on any atom is -0.504 e. The van der Waals surface area contributed by atoms with E-state index in [0.29, 0.717) is 16.5 Å². The number of rotatable bonds is 2.